The summed E-state index contributed by atoms with van der Waals surface area (Å²) in [5, 5.41) is 3.50. The summed E-state index contributed by atoms with van der Waals surface area (Å²) < 4.78 is 12.4. The fourth-order valence-electron chi connectivity index (χ4n) is 0.766. The Morgan fingerprint density at radius 2 is 2.00 bits per heavy atom. The molecule has 0 unspecified atom stereocenters. The normalized spacial score (nSPS) is 9.50. The van der Waals surface area contributed by atoms with Gasteiger partial charge in [-0.3, -0.25) is 0 Å². The first-order valence-electron chi connectivity index (χ1n) is 3.51. The lowest BCUT2D eigenvalue weighted by Crippen LogP contribution is -2.00. The Balaban J connectivity index is 2.53. The van der Waals surface area contributed by atoms with Gasteiger partial charge < -0.3 is 5.32 Å². The molecule has 0 fully saturated rings. The predicted octanol–water partition coefficient (Wildman–Crippen LogP) is 2.99. The Labute approximate surface area is 75.9 Å². The second kappa shape index (κ2) is 4.12. The molecule has 1 aromatic rings. The van der Waals surface area contributed by atoms with Crippen LogP contribution in [0, 0.1) is 5.82 Å². The molecule has 1 nitrogen and oxygen atoms in total. The van der Waals surface area contributed by atoms with E-state index >= 15 is 0 Å². The summed E-state index contributed by atoms with van der Waals surface area (Å²) >= 11 is 5.53. The standard InChI is InChI=1S/C9H9ClFN/c1-7(10)6-12-9-4-2-8(11)3-5-9/h2-5,12H,1,6H2. The van der Waals surface area contributed by atoms with Gasteiger partial charge in [-0.1, -0.05) is 18.2 Å². The fraction of sp³-hybridized carbons (Fsp3) is 0.111. The van der Waals surface area contributed by atoms with Gasteiger partial charge in [0.15, 0.2) is 0 Å². The molecule has 0 radical (unpaired) electrons. The van der Waals surface area contributed by atoms with Crippen LogP contribution in [0.2, 0.25) is 0 Å². The minimum atomic E-state index is -0.245. The molecule has 0 amide bonds. The highest BCUT2D eigenvalue weighted by molar-refractivity contribution is 6.29. The Hall–Kier alpha value is -1.02. The van der Waals surface area contributed by atoms with Gasteiger partial charge in [0, 0.05) is 10.7 Å². The first-order valence-corrected chi connectivity index (χ1v) is 3.89. The van der Waals surface area contributed by atoms with Crippen LogP contribution in [0.4, 0.5) is 10.1 Å². The quantitative estimate of drug-likeness (QED) is 0.764. The van der Waals surface area contributed by atoms with Gasteiger partial charge in [-0.2, -0.15) is 0 Å². The molecule has 0 saturated carbocycles. The SMILES string of the molecule is C=C(Cl)CNc1ccc(F)cc1. The molecule has 3 heteroatoms. The van der Waals surface area contributed by atoms with Crippen LogP contribution >= 0.6 is 11.6 Å². The van der Waals surface area contributed by atoms with E-state index in [2.05, 4.69) is 11.9 Å². The van der Waals surface area contributed by atoms with E-state index < -0.39 is 0 Å². The molecule has 64 valence electrons. The number of anilines is 1. The Morgan fingerprint density at radius 3 is 2.50 bits per heavy atom. The van der Waals surface area contributed by atoms with Crippen molar-refractivity contribution in [2.75, 3.05) is 11.9 Å². The fourth-order valence-corrected chi connectivity index (χ4v) is 0.833. The number of hydrogen-bond donors (Lipinski definition) is 1. The van der Waals surface area contributed by atoms with Gasteiger partial charge in [-0.25, -0.2) is 4.39 Å². The summed E-state index contributed by atoms with van der Waals surface area (Å²) in [5.74, 6) is -0.245. The monoisotopic (exact) mass is 185 g/mol. The molecule has 0 bridgehead atoms. The Kier molecular flexibility index (Phi) is 3.11. The summed E-state index contributed by atoms with van der Waals surface area (Å²) in [5.41, 5.74) is 0.832. The van der Waals surface area contributed by atoms with Crippen molar-refractivity contribution in [3.05, 3.63) is 41.7 Å². The maximum Gasteiger partial charge on any atom is 0.123 e. The molecule has 0 spiro atoms. The number of nitrogens with one attached hydrogen (secondary N) is 1. The molecule has 12 heavy (non-hydrogen) atoms. The summed E-state index contributed by atoms with van der Waals surface area (Å²) in [6.45, 7) is 4.01. The highest BCUT2D eigenvalue weighted by atomic mass is 35.5. The van der Waals surface area contributed by atoms with Crippen LogP contribution in [-0.4, -0.2) is 6.54 Å². The van der Waals surface area contributed by atoms with Crippen LogP contribution in [0.25, 0.3) is 0 Å². The zero-order chi connectivity index (χ0) is 8.97. The Bertz CT molecular complexity index is 268. The van der Waals surface area contributed by atoms with Gasteiger partial charge in [0.05, 0.1) is 6.54 Å². The van der Waals surface area contributed by atoms with E-state index in [4.69, 9.17) is 11.6 Å². The van der Waals surface area contributed by atoms with Crippen LogP contribution in [0.15, 0.2) is 35.9 Å². The minimum absolute atomic E-state index is 0.245. The first-order chi connectivity index (χ1) is 5.68. The largest absolute Gasteiger partial charge is 0.380 e. The second-order valence-electron chi connectivity index (χ2n) is 2.38. The van der Waals surface area contributed by atoms with E-state index in [1.807, 2.05) is 0 Å². The molecular formula is C9H9ClFN. The van der Waals surface area contributed by atoms with Gasteiger partial charge in [-0.15, -0.1) is 0 Å². The van der Waals surface area contributed by atoms with Crippen LogP contribution in [0.1, 0.15) is 0 Å². The minimum Gasteiger partial charge on any atom is -0.380 e. The molecule has 0 aliphatic heterocycles. The molecule has 1 N–H and O–H groups in total. The number of benzene rings is 1. The predicted molar refractivity (Wildman–Crippen MR) is 49.9 cm³/mol. The zero-order valence-electron chi connectivity index (χ0n) is 6.48. The van der Waals surface area contributed by atoms with Crippen molar-refractivity contribution in [1.82, 2.24) is 0 Å². The lowest BCUT2D eigenvalue weighted by molar-refractivity contribution is 0.628. The smallest absolute Gasteiger partial charge is 0.123 e. The average molecular weight is 186 g/mol. The summed E-state index contributed by atoms with van der Waals surface area (Å²) in [6, 6.07) is 6.07. The molecule has 0 atom stereocenters. The third-order valence-electron chi connectivity index (χ3n) is 1.33. The summed E-state index contributed by atoms with van der Waals surface area (Å²) in [7, 11) is 0. The maximum atomic E-state index is 12.4. The van der Waals surface area contributed by atoms with Crippen LogP contribution in [-0.2, 0) is 0 Å². The zero-order valence-corrected chi connectivity index (χ0v) is 7.24. The van der Waals surface area contributed by atoms with Gasteiger partial charge in [0.25, 0.3) is 0 Å². The van der Waals surface area contributed by atoms with Crippen molar-refractivity contribution in [2.24, 2.45) is 0 Å². The molecule has 0 aromatic heterocycles. The van der Waals surface area contributed by atoms with Crippen LogP contribution in [0.3, 0.4) is 0 Å². The van der Waals surface area contributed by atoms with Crippen molar-refractivity contribution < 1.29 is 4.39 Å². The lowest BCUT2D eigenvalue weighted by atomic mass is 10.3. The van der Waals surface area contributed by atoms with Gasteiger partial charge in [-0.05, 0) is 24.3 Å². The van der Waals surface area contributed by atoms with E-state index in [9.17, 15) is 4.39 Å². The van der Waals surface area contributed by atoms with Crippen LogP contribution in [0.5, 0.6) is 0 Å². The molecular weight excluding hydrogens is 177 g/mol. The number of hydrogen-bond acceptors (Lipinski definition) is 1. The van der Waals surface area contributed by atoms with Gasteiger partial charge in [0.2, 0.25) is 0 Å². The van der Waals surface area contributed by atoms with Crippen molar-refractivity contribution in [3.8, 4) is 0 Å². The molecule has 0 aliphatic rings. The molecule has 0 saturated heterocycles. The molecule has 0 heterocycles. The van der Waals surface area contributed by atoms with Crippen molar-refractivity contribution in [2.45, 2.75) is 0 Å². The second-order valence-corrected chi connectivity index (χ2v) is 2.91. The third-order valence-corrected chi connectivity index (χ3v) is 1.46. The average Bonchev–Trinajstić information content (AvgIpc) is 2.03. The molecule has 1 rings (SSSR count). The Morgan fingerprint density at radius 1 is 1.42 bits per heavy atom. The van der Waals surface area contributed by atoms with Crippen molar-refractivity contribution >= 4 is 17.3 Å². The highest BCUT2D eigenvalue weighted by Crippen LogP contribution is 2.09. The molecule has 0 aliphatic carbocycles. The highest BCUT2D eigenvalue weighted by Gasteiger charge is 1.92. The molecule has 1 aromatic carbocycles. The van der Waals surface area contributed by atoms with E-state index in [1.165, 1.54) is 12.1 Å². The van der Waals surface area contributed by atoms with Gasteiger partial charge >= 0.3 is 0 Å². The lowest BCUT2D eigenvalue weighted by Gasteiger charge is -2.03. The number of rotatable bonds is 3. The van der Waals surface area contributed by atoms with E-state index in [-0.39, 0.29) is 5.82 Å². The van der Waals surface area contributed by atoms with E-state index in [1.54, 1.807) is 12.1 Å². The van der Waals surface area contributed by atoms with Crippen LogP contribution < -0.4 is 5.32 Å². The van der Waals surface area contributed by atoms with Gasteiger partial charge in [0.1, 0.15) is 5.82 Å². The maximum absolute atomic E-state index is 12.4. The topological polar surface area (TPSA) is 12.0 Å². The van der Waals surface area contributed by atoms with Crippen molar-refractivity contribution in [3.63, 3.8) is 0 Å². The summed E-state index contributed by atoms with van der Waals surface area (Å²) in [6.07, 6.45) is 0. The van der Waals surface area contributed by atoms with E-state index in [0.717, 1.165) is 5.69 Å². The number of halogens is 2. The summed E-state index contributed by atoms with van der Waals surface area (Å²) in [4.78, 5) is 0. The third kappa shape index (κ3) is 2.93. The van der Waals surface area contributed by atoms with Crippen molar-refractivity contribution in [1.29, 1.82) is 0 Å². The first kappa shape index (κ1) is 9.07. The van der Waals surface area contributed by atoms with E-state index in [0.29, 0.717) is 11.6 Å².